The molecule has 1 aromatic heterocycles. The Balaban J connectivity index is 1.85. The smallest absolute Gasteiger partial charge is 0.319 e. The van der Waals surface area contributed by atoms with Gasteiger partial charge in [0.25, 0.3) is 0 Å². The van der Waals surface area contributed by atoms with Crippen molar-refractivity contribution in [1.29, 1.82) is 0 Å². The van der Waals surface area contributed by atoms with Crippen LogP contribution in [0.4, 0.5) is 9.80 Å². The summed E-state index contributed by atoms with van der Waals surface area (Å²) in [4.78, 5) is 11.7. The van der Waals surface area contributed by atoms with E-state index in [0.717, 1.165) is 28.5 Å². The van der Waals surface area contributed by atoms with Crippen molar-refractivity contribution in [3.8, 4) is 11.5 Å². The standard InChI is InChI=1S/C17H22N2O3S/c1-3-21-14-8-7-13(12-15(14)22-4-2)9-10-18-17(20)19-16-6-5-11-23-16/h5-8,11-12H,3-4,9-10H2,1-2H3,(H2,18,19,20). The number of nitrogens with one attached hydrogen (secondary N) is 2. The molecular weight excluding hydrogens is 312 g/mol. The van der Waals surface area contributed by atoms with Crippen molar-refractivity contribution in [3.63, 3.8) is 0 Å². The van der Waals surface area contributed by atoms with Gasteiger partial charge in [-0.15, -0.1) is 11.3 Å². The summed E-state index contributed by atoms with van der Waals surface area (Å²) >= 11 is 1.49. The largest absolute Gasteiger partial charge is 0.490 e. The number of carbonyl (C=O) groups is 1. The molecule has 2 amide bonds. The molecule has 0 bridgehead atoms. The molecule has 2 aromatic rings. The fourth-order valence-electron chi connectivity index (χ4n) is 2.08. The number of ether oxygens (including phenoxy) is 2. The number of hydrogen-bond donors (Lipinski definition) is 2. The zero-order valence-electron chi connectivity index (χ0n) is 13.4. The van der Waals surface area contributed by atoms with E-state index < -0.39 is 0 Å². The minimum Gasteiger partial charge on any atom is -0.490 e. The van der Waals surface area contributed by atoms with Gasteiger partial charge in [0.15, 0.2) is 11.5 Å². The number of benzene rings is 1. The fraction of sp³-hybridized carbons (Fsp3) is 0.353. The molecule has 1 aromatic carbocycles. The van der Waals surface area contributed by atoms with Gasteiger partial charge >= 0.3 is 6.03 Å². The first-order valence-corrected chi connectivity index (χ1v) is 8.57. The van der Waals surface area contributed by atoms with Gasteiger partial charge < -0.3 is 14.8 Å². The number of thiophene rings is 1. The van der Waals surface area contributed by atoms with Gasteiger partial charge in [0.05, 0.1) is 18.2 Å². The second kappa shape index (κ2) is 9.05. The van der Waals surface area contributed by atoms with Gasteiger partial charge in [-0.2, -0.15) is 0 Å². The van der Waals surface area contributed by atoms with Crippen LogP contribution in [0.5, 0.6) is 11.5 Å². The summed E-state index contributed by atoms with van der Waals surface area (Å²) in [6, 6.07) is 9.44. The Morgan fingerprint density at radius 3 is 2.61 bits per heavy atom. The van der Waals surface area contributed by atoms with Crippen LogP contribution in [0.1, 0.15) is 19.4 Å². The molecule has 0 spiro atoms. The van der Waals surface area contributed by atoms with Crippen LogP contribution in [0, 0.1) is 0 Å². The van der Waals surface area contributed by atoms with E-state index >= 15 is 0 Å². The minimum atomic E-state index is -0.191. The summed E-state index contributed by atoms with van der Waals surface area (Å²) in [6.45, 7) is 5.63. The Kier molecular flexibility index (Phi) is 6.75. The molecular formula is C17H22N2O3S. The van der Waals surface area contributed by atoms with E-state index in [9.17, 15) is 4.79 Å². The number of carbonyl (C=O) groups excluding carboxylic acids is 1. The normalized spacial score (nSPS) is 10.2. The van der Waals surface area contributed by atoms with Crippen molar-refractivity contribution in [3.05, 3.63) is 41.3 Å². The maximum absolute atomic E-state index is 11.7. The molecule has 0 atom stereocenters. The van der Waals surface area contributed by atoms with E-state index in [1.807, 2.05) is 49.6 Å². The van der Waals surface area contributed by atoms with Crippen molar-refractivity contribution < 1.29 is 14.3 Å². The highest BCUT2D eigenvalue weighted by Crippen LogP contribution is 2.28. The van der Waals surface area contributed by atoms with Crippen LogP contribution in [0.15, 0.2) is 35.7 Å². The summed E-state index contributed by atoms with van der Waals surface area (Å²) < 4.78 is 11.1. The number of urea groups is 1. The van der Waals surface area contributed by atoms with Gasteiger partial charge in [-0.3, -0.25) is 5.32 Å². The van der Waals surface area contributed by atoms with Crippen LogP contribution < -0.4 is 20.1 Å². The van der Waals surface area contributed by atoms with Crippen molar-refractivity contribution in [2.75, 3.05) is 25.1 Å². The van der Waals surface area contributed by atoms with Crippen LogP contribution in [0.2, 0.25) is 0 Å². The van der Waals surface area contributed by atoms with Crippen LogP contribution in [-0.4, -0.2) is 25.8 Å². The number of rotatable bonds is 8. The van der Waals surface area contributed by atoms with Crippen LogP contribution in [-0.2, 0) is 6.42 Å². The Labute approximate surface area is 140 Å². The molecule has 0 saturated carbocycles. The molecule has 1 heterocycles. The lowest BCUT2D eigenvalue weighted by Crippen LogP contribution is -2.30. The molecule has 2 N–H and O–H groups in total. The second-order valence-electron chi connectivity index (χ2n) is 4.76. The lowest BCUT2D eigenvalue weighted by molar-refractivity contribution is 0.252. The SMILES string of the molecule is CCOc1ccc(CCNC(=O)Nc2cccs2)cc1OCC. The number of hydrogen-bond acceptors (Lipinski definition) is 4. The molecule has 5 nitrogen and oxygen atoms in total. The number of anilines is 1. The van der Waals surface area contributed by atoms with E-state index in [0.29, 0.717) is 19.8 Å². The lowest BCUT2D eigenvalue weighted by atomic mass is 10.1. The quantitative estimate of drug-likeness (QED) is 0.769. The predicted octanol–water partition coefficient (Wildman–Crippen LogP) is 3.91. The van der Waals surface area contributed by atoms with E-state index in [2.05, 4.69) is 10.6 Å². The third-order valence-electron chi connectivity index (χ3n) is 3.06. The van der Waals surface area contributed by atoms with E-state index in [-0.39, 0.29) is 6.03 Å². The third kappa shape index (κ3) is 5.49. The summed E-state index contributed by atoms with van der Waals surface area (Å²) in [5.74, 6) is 1.50. The molecule has 23 heavy (non-hydrogen) atoms. The van der Waals surface area contributed by atoms with Crippen molar-refractivity contribution >= 4 is 22.4 Å². The van der Waals surface area contributed by atoms with Crippen LogP contribution >= 0.6 is 11.3 Å². The highest BCUT2D eigenvalue weighted by atomic mass is 32.1. The maximum Gasteiger partial charge on any atom is 0.319 e. The summed E-state index contributed by atoms with van der Waals surface area (Å²) in [6.07, 6.45) is 0.727. The maximum atomic E-state index is 11.7. The van der Waals surface area contributed by atoms with Crippen LogP contribution in [0.3, 0.4) is 0 Å². The molecule has 0 radical (unpaired) electrons. The highest BCUT2D eigenvalue weighted by molar-refractivity contribution is 7.14. The Bertz CT molecular complexity index is 614. The molecule has 2 rings (SSSR count). The van der Waals surface area contributed by atoms with Gasteiger partial charge in [-0.05, 0) is 55.5 Å². The van der Waals surface area contributed by atoms with Crippen molar-refractivity contribution in [2.45, 2.75) is 20.3 Å². The Morgan fingerprint density at radius 2 is 1.91 bits per heavy atom. The zero-order valence-corrected chi connectivity index (χ0v) is 14.2. The first kappa shape index (κ1) is 17.1. The zero-order chi connectivity index (χ0) is 16.5. The van der Waals surface area contributed by atoms with Crippen molar-refractivity contribution in [1.82, 2.24) is 5.32 Å². The first-order chi connectivity index (χ1) is 11.2. The molecule has 0 unspecified atom stereocenters. The Hall–Kier alpha value is -2.21. The fourth-order valence-corrected chi connectivity index (χ4v) is 2.69. The molecule has 0 saturated heterocycles. The van der Waals surface area contributed by atoms with Gasteiger partial charge in [0.1, 0.15) is 0 Å². The van der Waals surface area contributed by atoms with E-state index in [1.165, 1.54) is 11.3 Å². The summed E-state index contributed by atoms with van der Waals surface area (Å²) in [5.41, 5.74) is 1.09. The van der Waals surface area contributed by atoms with Crippen LogP contribution in [0.25, 0.3) is 0 Å². The van der Waals surface area contributed by atoms with Gasteiger partial charge in [0, 0.05) is 6.54 Å². The lowest BCUT2D eigenvalue weighted by Gasteiger charge is -2.12. The molecule has 0 fully saturated rings. The average molecular weight is 334 g/mol. The molecule has 6 heteroatoms. The monoisotopic (exact) mass is 334 g/mol. The van der Waals surface area contributed by atoms with Gasteiger partial charge in [0.2, 0.25) is 0 Å². The van der Waals surface area contributed by atoms with E-state index in [4.69, 9.17) is 9.47 Å². The topological polar surface area (TPSA) is 59.6 Å². The predicted molar refractivity (Wildman–Crippen MR) is 93.8 cm³/mol. The third-order valence-corrected chi connectivity index (χ3v) is 3.85. The summed E-state index contributed by atoms with van der Waals surface area (Å²) in [7, 11) is 0. The van der Waals surface area contributed by atoms with Gasteiger partial charge in [-0.1, -0.05) is 6.07 Å². The second-order valence-corrected chi connectivity index (χ2v) is 5.70. The van der Waals surface area contributed by atoms with E-state index in [1.54, 1.807) is 0 Å². The van der Waals surface area contributed by atoms with Crippen molar-refractivity contribution in [2.24, 2.45) is 0 Å². The minimum absolute atomic E-state index is 0.191. The Morgan fingerprint density at radius 1 is 1.13 bits per heavy atom. The number of amides is 2. The van der Waals surface area contributed by atoms with Gasteiger partial charge in [-0.25, -0.2) is 4.79 Å². The average Bonchev–Trinajstić information content (AvgIpc) is 3.03. The summed E-state index contributed by atoms with van der Waals surface area (Å²) in [5, 5.41) is 8.39. The molecule has 124 valence electrons. The molecule has 0 aliphatic rings. The highest BCUT2D eigenvalue weighted by Gasteiger charge is 2.07. The first-order valence-electron chi connectivity index (χ1n) is 7.69. The molecule has 0 aliphatic carbocycles. The molecule has 0 aliphatic heterocycles.